The summed E-state index contributed by atoms with van der Waals surface area (Å²) >= 11 is 0. The fourth-order valence-electron chi connectivity index (χ4n) is 10.9. The van der Waals surface area contributed by atoms with Crippen LogP contribution in [0, 0.1) is 0 Å². The Kier molecular flexibility index (Phi) is 10.4. The van der Waals surface area contributed by atoms with Crippen LogP contribution >= 0.6 is 0 Å². The van der Waals surface area contributed by atoms with Gasteiger partial charge in [-0.2, -0.15) is 9.97 Å². The summed E-state index contributed by atoms with van der Waals surface area (Å²) in [5.41, 5.74) is 18.5. The molecule has 0 saturated heterocycles. The highest BCUT2D eigenvalue weighted by Crippen LogP contribution is 2.43. The largest absolute Gasteiger partial charge is 0.309 e. The molecule has 0 N–H and O–H groups in total. The van der Waals surface area contributed by atoms with Crippen molar-refractivity contribution in [1.29, 1.82) is 0 Å². The topological polar surface area (TPSA) is 48.5 Å². The summed E-state index contributed by atoms with van der Waals surface area (Å²) < 4.78 is 4.65. The van der Waals surface area contributed by atoms with Gasteiger partial charge in [-0.3, -0.25) is 4.57 Å². The standard InChI is InChI=1S/C69H45N5/c1-5-20-46(21-6-1)52-28-19-29-53(42-52)48-36-38-50(39-37-48)59-43-54(40-41-65(59)73-62-33-16-13-30-56(62)57-31-14-17-34-63(57)73)68-70-67(51-26-11-4-12-27-51)71-69(72-68)74-64-35-18-15-32-58(64)61-45-55(47-22-7-2-8-23-47)44-60(66(61)74)49-24-9-3-10-25-49/h1-45H. The smallest absolute Gasteiger partial charge is 0.238 e. The summed E-state index contributed by atoms with van der Waals surface area (Å²) in [6, 6.07) is 97.2. The van der Waals surface area contributed by atoms with Crippen LogP contribution in [0.1, 0.15) is 0 Å². The summed E-state index contributed by atoms with van der Waals surface area (Å²) in [4.78, 5) is 16.3. The molecular weight excluding hydrogens is 899 g/mol. The van der Waals surface area contributed by atoms with Gasteiger partial charge in [-0.25, -0.2) is 4.98 Å². The van der Waals surface area contributed by atoms with Crippen LogP contribution in [0.15, 0.2) is 273 Å². The molecule has 5 heteroatoms. The predicted molar refractivity (Wildman–Crippen MR) is 307 cm³/mol. The van der Waals surface area contributed by atoms with Gasteiger partial charge in [0.2, 0.25) is 5.95 Å². The second-order valence-electron chi connectivity index (χ2n) is 18.8. The predicted octanol–water partition coefficient (Wildman–Crippen LogP) is 17.7. The second kappa shape index (κ2) is 18.0. The van der Waals surface area contributed by atoms with E-state index >= 15 is 0 Å². The van der Waals surface area contributed by atoms with Crippen molar-refractivity contribution in [2.75, 3.05) is 0 Å². The first-order valence-electron chi connectivity index (χ1n) is 25.1. The summed E-state index contributed by atoms with van der Waals surface area (Å²) in [7, 11) is 0. The molecule has 0 atom stereocenters. The van der Waals surface area contributed by atoms with Crippen molar-refractivity contribution < 1.29 is 0 Å². The monoisotopic (exact) mass is 943 g/mol. The molecule has 0 spiro atoms. The first-order chi connectivity index (χ1) is 36.7. The van der Waals surface area contributed by atoms with Crippen LogP contribution in [0.5, 0.6) is 0 Å². The lowest BCUT2D eigenvalue weighted by Gasteiger charge is -2.17. The second-order valence-corrected chi connectivity index (χ2v) is 18.8. The zero-order valence-corrected chi connectivity index (χ0v) is 40.2. The molecule has 14 rings (SSSR count). The zero-order chi connectivity index (χ0) is 49.0. The first-order valence-corrected chi connectivity index (χ1v) is 25.1. The Bertz CT molecular complexity index is 4330. The molecule has 3 aromatic heterocycles. The average Bonchev–Trinajstić information content (AvgIpc) is 4.01. The Hall–Kier alpha value is -9.97. The fraction of sp³-hybridized carbons (Fsp3) is 0. The van der Waals surface area contributed by atoms with Gasteiger partial charge in [0.25, 0.3) is 0 Å². The third kappa shape index (κ3) is 7.46. The first kappa shape index (κ1) is 42.9. The molecule has 0 aliphatic carbocycles. The summed E-state index contributed by atoms with van der Waals surface area (Å²) in [5, 5.41) is 4.66. The van der Waals surface area contributed by atoms with E-state index in [0.29, 0.717) is 17.6 Å². The number of fused-ring (bicyclic) bond motifs is 6. The molecule has 0 saturated carbocycles. The molecule has 0 unspecified atom stereocenters. The van der Waals surface area contributed by atoms with E-state index in [0.717, 1.165) is 94.2 Å². The molecule has 11 aromatic carbocycles. The van der Waals surface area contributed by atoms with Gasteiger partial charge in [-0.05, 0) is 99.1 Å². The van der Waals surface area contributed by atoms with Gasteiger partial charge in [0.15, 0.2) is 11.6 Å². The van der Waals surface area contributed by atoms with Crippen molar-refractivity contribution in [3.8, 4) is 90.0 Å². The van der Waals surface area contributed by atoms with Crippen LogP contribution < -0.4 is 0 Å². The van der Waals surface area contributed by atoms with E-state index < -0.39 is 0 Å². The molecule has 74 heavy (non-hydrogen) atoms. The van der Waals surface area contributed by atoms with Crippen molar-refractivity contribution in [2.24, 2.45) is 0 Å². The summed E-state index contributed by atoms with van der Waals surface area (Å²) in [5.74, 6) is 1.71. The molecule has 346 valence electrons. The molecular formula is C69H45N5. The van der Waals surface area contributed by atoms with Crippen molar-refractivity contribution in [1.82, 2.24) is 24.1 Å². The van der Waals surface area contributed by atoms with E-state index in [4.69, 9.17) is 15.0 Å². The Labute approximate surface area is 428 Å². The van der Waals surface area contributed by atoms with Crippen LogP contribution in [0.3, 0.4) is 0 Å². The number of rotatable bonds is 9. The molecule has 0 fully saturated rings. The normalized spacial score (nSPS) is 11.5. The van der Waals surface area contributed by atoms with Gasteiger partial charge in [0.1, 0.15) is 0 Å². The highest BCUT2D eigenvalue weighted by molar-refractivity contribution is 6.15. The molecule has 0 aliphatic heterocycles. The lowest BCUT2D eigenvalue weighted by molar-refractivity contribution is 0.954. The average molecular weight is 944 g/mol. The molecule has 5 nitrogen and oxygen atoms in total. The Morgan fingerprint density at radius 3 is 1.23 bits per heavy atom. The highest BCUT2D eigenvalue weighted by atomic mass is 15.2. The SMILES string of the molecule is c1ccc(-c2cccc(-c3ccc(-c4cc(-c5nc(-c6ccccc6)nc(-n6c7ccccc7c7cc(-c8ccccc8)cc(-c8ccccc8)c76)n5)ccc4-n4c5ccccc5c5ccccc54)cc3)c2)cc1. The minimum atomic E-state index is 0.541. The van der Waals surface area contributed by atoms with E-state index in [2.05, 4.69) is 264 Å². The Morgan fingerprint density at radius 1 is 0.230 bits per heavy atom. The van der Waals surface area contributed by atoms with Gasteiger partial charge in [-0.15, -0.1) is 0 Å². The maximum Gasteiger partial charge on any atom is 0.238 e. The van der Waals surface area contributed by atoms with Gasteiger partial charge in [0, 0.05) is 43.8 Å². The molecule has 14 aromatic rings. The van der Waals surface area contributed by atoms with E-state index in [1.165, 1.54) is 21.9 Å². The van der Waals surface area contributed by atoms with Gasteiger partial charge in [0.05, 0.1) is 27.8 Å². The minimum absolute atomic E-state index is 0.541. The highest BCUT2D eigenvalue weighted by Gasteiger charge is 2.23. The lowest BCUT2D eigenvalue weighted by Crippen LogP contribution is -2.07. The number of hydrogen-bond donors (Lipinski definition) is 0. The van der Waals surface area contributed by atoms with Gasteiger partial charge < -0.3 is 4.57 Å². The van der Waals surface area contributed by atoms with Crippen LogP contribution in [0.25, 0.3) is 134 Å². The van der Waals surface area contributed by atoms with Crippen molar-refractivity contribution >= 4 is 43.6 Å². The number of aromatic nitrogens is 5. The minimum Gasteiger partial charge on any atom is -0.309 e. The quantitative estimate of drug-likeness (QED) is 0.145. The van der Waals surface area contributed by atoms with Crippen LogP contribution in [-0.4, -0.2) is 24.1 Å². The molecule has 3 heterocycles. The lowest BCUT2D eigenvalue weighted by atomic mass is 9.95. The Morgan fingerprint density at radius 2 is 0.635 bits per heavy atom. The zero-order valence-electron chi connectivity index (χ0n) is 40.2. The maximum atomic E-state index is 5.54. The maximum absolute atomic E-state index is 5.54. The van der Waals surface area contributed by atoms with Gasteiger partial charge >= 0.3 is 0 Å². The van der Waals surface area contributed by atoms with Crippen molar-refractivity contribution in [2.45, 2.75) is 0 Å². The molecule has 0 bridgehead atoms. The van der Waals surface area contributed by atoms with Gasteiger partial charge in [-0.1, -0.05) is 218 Å². The molecule has 0 aliphatic rings. The molecule has 0 radical (unpaired) electrons. The van der Waals surface area contributed by atoms with E-state index in [1.54, 1.807) is 0 Å². The van der Waals surface area contributed by atoms with Crippen LogP contribution in [0.4, 0.5) is 0 Å². The number of nitrogens with zero attached hydrogens (tertiary/aromatic N) is 5. The number of benzene rings is 11. The summed E-state index contributed by atoms with van der Waals surface area (Å²) in [6.07, 6.45) is 0. The summed E-state index contributed by atoms with van der Waals surface area (Å²) in [6.45, 7) is 0. The van der Waals surface area contributed by atoms with Crippen molar-refractivity contribution in [3.05, 3.63) is 273 Å². The van der Waals surface area contributed by atoms with E-state index in [1.807, 2.05) is 18.2 Å². The fourth-order valence-corrected chi connectivity index (χ4v) is 10.9. The number of para-hydroxylation sites is 3. The van der Waals surface area contributed by atoms with Crippen LogP contribution in [0.2, 0.25) is 0 Å². The third-order valence-electron chi connectivity index (χ3n) is 14.4. The van der Waals surface area contributed by atoms with E-state index in [9.17, 15) is 0 Å². The Balaban J connectivity index is 1.00. The number of hydrogen-bond acceptors (Lipinski definition) is 3. The third-order valence-corrected chi connectivity index (χ3v) is 14.4. The van der Waals surface area contributed by atoms with E-state index in [-0.39, 0.29) is 0 Å². The van der Waals surface area contributed by atoms with Crippen molar-refractivity contribution in [3.63, 3.8) is 0 Å². The van der Waals surface area contributed by atoms with Crippen LogP contribution in [-0.2, 0) is 0 Å². The molecule has 0 amide bonds.